The van der Waals surface area contributed by atoms with Gasteiger partial charge in [-0.05, 0) is 45.7 Å². The summed E-state index contributed by atoms with van der Waals surface area (Å²) in [5, 5.41) is 0. The molecule has 0 radical (unpaired) electrons. The van der Waals surface area contributed by atoms with Gasteiger partial charge in [-0.2, -0.15) is 0 Å². The summed E-state index contributed by atoms with van der Waals surface area (Å²) in [6, 6.07) is 1.46. The van der Waals surface area contributed by atoms with E-state index in [-0.39, 0.29) is 0 Å². The van der Waals surface area contributed by atoms with Gasteiger partial charge in [0, 0.05) is 12.1 Å². The quantitative estimate of drug-likeness (QED) is 0.668. The molecule has 0 amide bonds. The van der Waals surface area contributed by atoms with Crippen LogP contribution in [-0.2, 0) is 0 Å². The highest BCUT2D eigenvalue weighted by Gasteiger charge is 2.29. The van der Waals surface area contributed by atoms with E-state index >= 15 is 0 Å². The van der Waals surface area contributed by atoms with Gasteiger partial charge in [0.15, 0.2) is 0 Å². The first-order valence-corrected chi connectivity index (χ1v) is 8.12. The maximum atomic E-state index is 5.94. The molecular formula is C16H34N2. The third-order valence-electron chi connectivity index (χ3n) is 4.87. The summed E-state index contributed by atoms with van der Waals surface area (Å²) >= 11 is 0. The number of rotatable bonds is 8. The minimum Gasteiger partial charge on any atom is -0.330 e. The topological polar surface area (TPSA) is 29.3 Å². The molecule has 2 heteroatoms. The van der Waals surface area contributed by atoms with Gasteiger partial charge in [0.1, 0.15) is 0 Å². The average Bonchev–Trinajstić information content (AvgIpc) is 2.42. The Balaban J connectivity index is 2.33. The summed E-state index contributed by atoms with van der Waals surface area (Å²) in [5.74, 6) is 0.738. The molecule has 1 fully saturated rings. The summed E-state index contributed by atoms with van der Waals surface area (Å²) in [6.07, 6.45) is 12.4. The van der Waals surface area contributed by atoms with Crippen LogP contribution in [0.3, 0.4) is 0 Å². The van der Waals surface area contributed by atoms with Crippen LogP contribution in [0.4, 0.5) is 0 Å². The first-order chi connectivity index (χ1) is 8.70. The standard InChI is InChI=1S/C16H34N2/c1-4-5-6-7-10-14(2)18(3)16-12-9-8-11-15(16)13-17/h14-16H,4-13,17H2,1-3H3. The summed E-state index contributed by atoms with van der Waals surface area (Å²) in [5.41, 5.74) is 5.94. The second kappa shape index (κ2) is 8.92. The second-order valence-electron chi connectivity index (χ2n) is 6.21. The zero-order valence-corrected chi connectivity index (χ0v) is 12.8. The van der Waals surface area contributed by atoms with Gasteiger partial charge in [-0.25, -0.2) is 0 Å². The molecule has 1 aliphatic rings. The molecule has 18 heavy (non-hydrogen) atoms. The molecule has 2 N–H and O–H groups in total. The van der Waals surface area contributed by atoms with Crippen LogP contribution in [0.25, 0.3) is 0 Å². The SMILES string of the molecule is CCCCCCC(C)N(C)C1CCCCC1CN. The van der Waals surface area contributed by atoms with E-state index in [1.165, 1.54) is 57.8 Å². The number of nitrogens with two attached hydrogens (primary N) is 1. The van der Waals surface area contributed by atoms with Crippen LogP contribution in [0.1, 0.15) is 71.6 Å². The lowest BCUT2D eigenvalue weighted by Gasteiger charge is -2.40. The van der Waals surface area contributed by atoms with E-state index in [4.69, 9.17) is 5.73 Å². The lowest BCUT2D eigenvalue weighted by molar-refractivity contribution is 0.0939. The first kappa shape index (κ1) is 16.0. The van der Waals surface area contributed by atoms with Gasteiger partial charge in [-0.15, -0.1) is 0 Å². The highest BCUT2D eigenvalue weighted by atomic mass is 15.2. The molecule has 3 atom stereocenters. The molecule has 1 aliphatic carbocycles. The predicted molar refractivity (Wildman–Crippen MR) is 80.8 cm³/mol. The highest BCUT2D eigenvalue weighted by molar-refractivity contribution is 4.84. The van der Waals surface area contributed by atoms with Crippen LogP contribution < -0.4 is 5.73 Å². The molecule has 0 aromatic rings. The number of nitrogens with zero attached hydrogens (tertiary/aromatic N) is 1. The number of unbranched alkanes of at least 4 members (excludes halogenated alkanes) is 3. The Morgan fingerprint density at radius 1 is 1.17 bits per heavy atom. The fraction of sp³-hybridized carbons (Fsp3) is 1.00. The molecule has 2 nitrogen and oxygen atoms in total. The van der Waals surface area contributed by atoms with Crippen molar-refractivity contribution in [1.29, 1.82) is 0 Å². The smallest absolute Gasteiger partial charge is 0.0135 e. The Kier molecular flexibility index (Phi) is 7.92. The third-order valence-corrected chi connectivity index (χ3v) is 4.87. The van der Waals surface area contributed by atoms with Crippen molar-refractivity contribution in [3.63, 3.8) is 0 Å². The Morgan fingerprint density at radius 2 is 1.89 bits per heavy atom. The van der Waals surface area contributed by atoms with E-state index < -0.39 is 0 Å². The zero-order chi connectivity index (χ0) is 13.4. The van der Waals surface area contributed by atoms with Crippen LogP contribution in [0, 0.1) is 5.92 Å². The lowest BCUT2D eigenvalue weighted by atomic mass is 9.83. The van der Waals surface area contributed by atoms with Crippen molar-refractivity contribution in [3.8, 4) is 0 Å². The third kappa shape index (κ3) is 4.89. The number of hydrogen-bond donors (Lipinski definition) is 1. The highest BCUT2D eigenvalue weighted by Crippen LogP contribution is 2.29. The van der Waals surface area contributed by atoms with Gasteiger partial charge < -0.3 is 10.6 Å². The molecule has 1 rings (SSSR count). The molecule has 1 saturated carbocycles. The van der Waals surface area contributed by atoms with Gasteiger partial charge >= 0.3 is 0 Å². The molecule has 3 unspecified atom stereocenters. The largest absolute Gasteiger partial charge is 0.330 e. The maximum Gasteiger partial charge on any atom is 0.0135 e. The molecule has 0 aromatic carbocycles. The summed E-state index contributed by atoms with van der Waals surface area (Å²) in [4.78, 5) is 2.63. The summed E-state index contributed by atoms with van der Waals surface area (Å²) in [6.45, 7) is 5.55. The minimum absolute atomic E-state index is 0.721. The van der Waals surface area contributed by atoms with Crippen LogP contribution in [0.2, 0.25) is 0 Å². The predicted octanol–water partition coefficient (Wildman–Crippen LogP) is 3.79. The van der Waals surface area contributed by atoms with E-state index in [0.717, 1.165) is 24.5 Å². The van der Waals surface area contributed by atoms with E-state index in [1.54, 1.807) is 0 Å². The van der Waals surface area contributed by atoms with E-state index in [2.05, 4.69) is 25.8 Å². The van der Waals surface area contributed by atoms with Gasteiger partial charge in [0.05, 0.1) is 0 Å². The molecule has 0 aliphatic heterocycles. The second-order valence-corrected chi connectivity index (χ2v) is 6.21. The van der Waals surface area contributed by atoms with Crippen molar-refractivity contribution in [2.45, 2.75) is 83.7 Å². The Morgan fingerprint density at radius 3 is 2.56 bits per heavy atom. The average molecular weight is 254 g/mol. The molecule has 0 bridgehead atoms. The van der Waals surface area contributed by atoms with E-state index in [9.17, 15) is 0 Å². The van der Waals surface area contributed by atoms with Crippen molar-refractivity contribution in [3.05, 3.63) is 0 Å². The molecule has 0 aromatic heterocycles. The fourth-order valence-electron chi connectivity index (χ4n) is 3.40. The van der Waals surface area contributed by atoms with Crippen molar-refractivity contribution < 1.29 is 0 Å². The Hall–Kier alpha value is -0.0800. The molecule has 0 heterocycles. The first-order valence-electron chi connectivity index (χ1n) is 8.12. The Labute approximate surface area is 114 Å². The van der Waals surface area contributed by atoms with Crippen molar-refractivity contribution in [2.75, 3.05) is 13.6 Å². The molecule has 0 spiro atoms. The van der Waals surface area contributed by atoms with E-state index in [1.807, 2.05) is 0 Å². The normalized spacial score (nSPS) is 26.5. The monoisotopic (exact) mass is 254 g/mol. The van der Waals surface area contributed by atoms with E-state index in [0.29, 0.717) is 0 Å². The minimum atomic E-state index is 0.721. The van der Waals surface area contributed by atoms with Crippen molar-refractivity contribution in [2.24, 2.45) is 11.7 Å². The van der Waals surface area contributed by atoms with Gasteiger partial charge in [-0.1, -0.05) is 45.4 Å². The van der Waals surface area contributed by atoms with Gasteiger partial charge in [0.2, 0.25) is 0 Å². The Bertz CT molecular complexity index is 205. The molecule has 108 valence electrons. The van der Waals surface area contributed by atoms with Crippen LogP contribution in [0.5, 0.6) is 0 Å². The van der Waals surface area contributed by atoms with Gasteiger partial charge in [-0.3, -0.25) is 0 Å². The fourth-order valence-corrected chi connectivity index (χ4v) is 3.40. The van der Waals surface area contributed by atoms with Crippen molar-refractivity contribution in [1.82, 2.24) is 4.90 Å². The van der Waals surface area contributed by atoms with Crippen LogP contribution in [-0.4, -0.2) is 30.6 Å². The van der Waals surface area contributed by atoms with Crippen LogP contribution in [0.15, 0.2) is 0 Å². The van der Waals surface area contributed by atoms with Gasteiger partial charge in [0.25, 0.3) is 0 Å². The molecule has 0 saturated heterocycles. The molecular weight excluding hydrogens is 220 g/mol. The zero-order valence-electron chi connectivity index (χ0n) is 12.8. The number of hydrogen-bond acceptors (Lipinski definition) is 2. The van der Waals surface area contributed by atoms with Crippen LogP contribution >= 0.6 is 0 Å². The summed E-state index contributed by atoms with van der Waals surface area (Å²) in [7, 11) is 2.32. The maximum absolute atomic E-state index is 5.94. The summed E-state index contributed by atoms with van der Waals surface area (Å²) < 4.78 is 0. The lowest BCUT2D eigenvalue weighted by Crippen LogP contribution is -2.46. The van der Waals surface area contributed by atoms with Crippen molar-refractivity contribution >= 4 is 0 Å².